The fraction of sp³-hybridized carbons (Fsp3) is 0.756. The standard InChI is InChI=1S/C41H73O8P/c1-3-5-7-9-11-13-15-17-19-20-22-24-26-28-30-32-34-36-41(43)49-39(38-48-50(44,45)46)37-47-40(42)35-33-31-29-27-25-23-21-18-16-14-12-10-8-6-4-2/h4,11,13,17,19,22,24,39H,2-3,5-10,12,14-16,18,20-21,23,25-38H2,1H3,(H2,44,45,46)/b13-11+,19-17+,24-22+/t39-/m1/s1. The third-order valence-electron chi connectivity index (χ3n) is 8.47. The molecule has 0 rings (SSSR count). The van der Waals surface area contributed by atoms with Gasteiger partial charge in [0, 0.05) is 12.8 Å². The topological polar surface area (TPSA) is 119 Å². The van der Waals surface area contributed by atoms with Crippen molar-refractivity contribution in [2.24, 2.45) is 0 Å². The van der Waals surface area contributed by atoms with Crippen molar-refractivity contribution < 1.29 is 37.9 Å². The maximum absolute atomic E-state index is 12.4. The first-order valence-electron chi connectivity index (χ1n) is 19.9. The van der Waals surface area contributed by atoms with Crippen LogP contribution in [0.3, 0.4) is 0 Å². The van der Waals surface area contributed by atoms with Gasteiger partial charge < -0.3 is 19.3 Å². The summed E-state index contributed by atoms with van der Waals surface area (Å²) < 4.78 is 26.3. The highest BCUT2D eigenvalue weighted by Crippen LogP contribution is 2.36. The van der Waals surface area contributed by atoms with Crippen molar-refractivity contribution in [3.05, 3.63) is 49.1 Å². The summed E-state index contributed by atoms with van der Waals surface area (Å²) in [7, 11) is -4.76. The van der Waals surface area contributed by atoms with E-state index in [1.807, 2.05) is 6.08 Å². The second kappa shape index (κ2) is 36.8. The van der Waals surface area contributed by atoms with Gasteiger partial charge in [0.1, 0.15) is 6.61 Å². The summed E-state index contributed by atoms with van der Waals surface area (Å²) in [6.45, 7) is 5.15. The lowest BCUT2D eigenvalue weighted by molar-refractivity contribution is -0.161. The number of phosphoric acid groups is 1. The molecule has 0 spiro atoms. The van der Waals surface area contributed by atoms with Crippen LogP contribution in [-0.4, -0.2) is 41.0 Å². The van der Waals surface area contributed by atoms with Crippen LogP contribution < -0.4 is 0 Å². The van der Waals surface area contributed by atoms with E-state index in [0.717, 1.165) is 64.2 Å². The minimum absolute atomic E-state index is 0.185. The largest absolute Gasteiger partial charge is 0.469 e. The van der Waals surface area contributed by atoms with Crippen LogP contribution in [-0.2, 0) is 28.2 Å². The predicted molar refractivity (Wildman–Crippen MR) is 207 cm³/mol. The van der Waals surface area contributed by atoms with Gasteiger partial charge in [0.15, 0.2) is 6.10 Å². The minimum Gasteiger partial charge on any atom is -0.462 e. The molecular formula is C41H73O8P. The Morgan fingerprint density at radius 2 is 1.00 bits per heavy atom. The molecule has 0 aromatic rings. The maximum Gasteiger partial charge on any atom is 0.469 e. The van der Waals surface area contributed by atoms with Gasteiger partial charge in [-0.1, -0.05) is 146 Å². The molecule has 0 saturated heterocycles. The number of carbonyl (C=O) groups excluding carboxylic acids is 2. The number of phosphoric ester groups is 1. The fourth-order valence-corrected chi connectivity index (χ4v) is 5.84. The van der Waals surface area contributed by atoms with E-state index in [-0.39, 0.29) is 19.4 Å². The van der Waals surface area contributed by atoms with Crippen LogP contribution >= 0.6 is 7.82 Å². The van der Waals surface area contributed by atoms with Gasteiger partial charge in [-0.25, -0.2) is 4.57 Å². The molecule has 0 aromatic heterocycles. The Bertz CT molecular complexity index is 939. The van der Waals surface area contributed by atoms with Crippen molar-refractivity contribution >= 4 is 19.8 Å². The Labute approximate surface area is 305 Å². The first kappa shape index (κ1) is 48.0. The summed E-state index contributed by atoms with van der Waals surface area (Å²) in [6, 6.07) is 0. The number of allylic oxidation sites excluding steroid dienone is 7. The lowest BCUT2D eigenvalue weighted by atomic mass is 10.0. The zero-order valence-corrected chi connectivity index (χ0v) is 32.5. The summed E-state index contributed by atoms with van der Waals surface area (Å²) in [6.07, 6.45) is 42.9. The second-order valence-electron chi connectivity index (χ2n) is 13.3. The zero-order chi connectivity index (χ0) is 36.8. The number of carbonyl (C=O) groups is 2. The first-order valence-corrected chi connectivity index (χ1v) is 21.4. The number of esters is 2. The molecule has 0 amide bonds. The molecule has 0 aliphatic rings. The van der Waals surface area contributed by atoms with Crippen LogP contribution in [0.1, 0.15) is 180 Å². The van der Waals surface area contributed by atoms with Crippen molar-refractivity contribution in [1.29, 1.82) is 0 Å². The molecule has 9 heteroatoms. The maximum atomic E-state index is 12.4. The van der Waals surface area contributed by atoms with Crippen LogP contribution in [0.25, 0.3) is 0 Å². The first-order chi connectivity index (χ1) is 24.3. The monoisotopic (exact) mass is 725 g/mol. The van der Waals surface area contributed by atoms with Crippen molar-refractivity contribution in [2.45, 2.75) is 186 Å². The molecule has 50 heavy (non-hydrogen) atoms. The molecule has 0 aromatic carbocycles. The van der Waals surface area contributed by atoms with Gasteiger partial charge >= 0.3 is 19.8 Å². The molecular weight excluding hydrogens is 651 g/mol. The predicted octanol–water partition coefficient (Wildman–Crippen LogP) is 12.0. The third kappa shape index (κ3) is 38.8. The van der Waals surface area contributed by atoms with E-state index < -0.39 is 32.5 Å². The van der Waals surface area contributed by atoms with Crippen LogP contribution in [0.15, 0.2) is 49.1 Å². The highest BCUT2D eigenvalue weighted by Gasteiger charge is 2.22. The van der Waals surface area contributed by atoms with Crippen molar-refractivity contribution in [3.63, 3.8) is 0 Å². The number of rotatable bonds is 37. The SMILES string of the molecule is C=CCCCCCCCCCCCCCCCC(=O)OC[C@H](COP(=O)(O)O)OC(=O)CCCCCC/C=C/C/C=C/C/C=C/CCCCC. The highest BCUT2D eigenvalue weighted by atomic mass is 31.2. The summed E-state index contributed by atoms with van der Waals surface area (Å²) in [4.78, 5) is 42.8. The average molecular weight is 725 g/mol. The molecule has 0 radical (unpaired) electrons. The van der Waals surface area contributed by atoms with Crippen LogP contribution in [0.2, 0.25) is 0 Å². The third-order valence-corrected chi connectivity index (χ3v) is 8.95. The molecule has 2 N–H and O–H groups in total. The Hall–Kier alpha value is -1.99. The number of hydrogen-bond acceptors (Lipinski definition) is 6. The zero-order valence-electron chi connectivity index (χ0n) is 31.6. The molecule has 290 valence electrons. The minimum atomic E-state index is -4.76. The van der Waals surface area contributed by atoms with Gasteiger partial charge in [-0.2, -0.15) is 0 Å². The van der Waals surface area contributed by atoms with Crippen LogP contribution in [0.4, 0.5) is 0 Å². The summed E-state index contributed by atoms with van der Waals surface area (Å²) in [5.41, 5.74) is 0. The Morgan fingerprint density at radius 3 is 1.48 bits per heavy atom. The van der Waals surface area contributed by atoms with Gasteiger partial charge in [0.2, 0.25) is 0 Å². The molecule has 0 saturated carbocycles. The number of unbranched alkanes of at least 4 members (excludes halogenated alkanes) is 20. The van der Waals surface area contributed by atoms with Gasteiger partial charge in [-0.15, -0.1) is 6.58 Å². The lowest BCUT2D eigenvalue weighted by Gasteiger charge is -2.18. The highest BCUT2D eigenvalue weighted by molar-refractivity contribution is 7.46. The Balaban J connectivity index is 3.98. The molecule has 1 atom stereocenters. The molecule has 0 heterocycles. The van der Waals surface area contributed by atoms with E-state index in [4.69, 9.17) is 19.3 Å². The summed E-state index contributed by atoms with van der Waals surface area (Å²) >= 11 is 0. The molecule has 0 aliphatic heterocycles. The Kier molecular flexibility index (Phi) is 35.3. The normalized spacial score (nSPS) is 12.7. The van der Waals surface area contributed by atoms with Crippen molar-refractivity contribution in [1.82, 2.24) is 0 Å². The lowest BCUT2D eigenvalue weighted by Crippen LogP contribution is -2.29. The van der Waals surface area contributed by atoms with Gasteiger partial charge in [0.25, 0.3) is 0 Å². The Morgan fingerprint density at radius 1 is 0.580 bits per heavy atom. The van der Waals surface area contributed by atoms with E-state index >= 15 is 0 Å². The van der Waals surface area contributed by atoms with Gasteiger partial charge in [-0.3, -0.25) is 14.1 Å². The van der Waals surface area contributed by atoms with Gasteiger partial charge in [0.05, 0.1) is 6.61 Å². The van der Waals surface area contributed by atoms with E-state index in [1.165, 1.54) is 89.9 Å². The van der Waals surface area contributed by atoms with Gasteiger partial charge in [-0.05, 0) is 64.2 Å². The van der Waals surface area contributed by atoms with Crippen molar-refractivity contribution in [2.75, 3.05) is 13.2 Å². The van der Waals surface area contributed by atoms with Crippen molar-refractivity contribution in [3.8, 4) is 0 Å². The van der Waals surface area contributed by atoms with Crippen LogP contribution in [0.5, 0.6) is 0 Å². The quantitative estimate of drug-likeness (QED) is 0.0281. The van der Waals surface area contributed by atoms with Crippen LogP contribution in [0, 0.1) is 0 Å². The summed E-state index contributed by atoms with van der Waals surface area (Å²) in [5.74, 6) is -0.913. The molecule has 0 aliphatic carbocycles. The average Bonchev–Trinajstić information content (AvgIpc) is 3.08. The van der Waals surface area contributed by atoms with E-state index in [1.54, 1.807) is 0 Å². The molecule has 0 unspecified atom stereocenters. The molecule has 8 nitrogen and oxygen atoms in total. The molecule has 0 fully saturated rings. The summed E-state index contributed by atoms with van der Waals surface area (Å²) in [5, 5.41) is 0. The van der Waals surface area contributed by atoms with E-state index in [2.05, 4.69) is 54.5 Å². The second-order valence-corrected chi connectivity index (χ2v) is 14.6. The fourth-order valence-electron chi connectivity index (χ4n) is 5.48. The van der Waals surface area contributed by atoms with E-state index in [9.17, 15) is 14.2 Å². The molecule has 0 bridgehead atoms. The van der Waals surface area contributed by atoms with E-state index in [0.29, 0.717) is 6.42 Å². The number of hydrogen-bond donors (Lipinski definition) is 2. The number of ether oxygens (including phenoxy) is 2. The smallest absolute Gasteiger partial charge is 0.462 e.